The van der Waals surface area contributed by atoms with Crippen LogP contribution in [-0.4, -0.2) is 30.6 Å². The minimum atomic E-state index is -1.18. The van der Waals surface area contributed by atoms with Gasteiger partial charge in [-0.1, -0.05) is 19.9 Å². The van der Waals surface area contributed by atoms with E-state index in [4.69, 9.17) is 18.8 Å². The Hall–Kier alpha value is -1.60. The summed E-state index contributed by atoms with van der Waals surface area (Å²) in [6.07, 6.45) is 2.09. The molecule has 0 radical (unpaired) electrons. The van der Waals surface area contributed by atoms with Crippen LogP contribution in [-0.2, 0) is 14.0 Å². The summed E-state index contributed by atoms with van der Waals surface area (Å²) in [4.78, 5) is 12.3. The number of hydrogen-bond acceptors (Lipinski definition) is 5. The van der Waals surface area contributed by atoms with Gasteiger partial charge in [-0.25, -0.2) is 9.18 Å². The zero-order valence-electron chi connectivity index (χ0n) is 16.3. The van der Waals surface area contributed by atoms with Crippen molar-refractivity contribution in [1.82, 2.24) is 0 Å². The van der Waals surface area contributed by atoms with Gasteiger partial charge in [-0.2, -0.15) is 0 Å². The van der Waals surface area contributed by atoms with Crippen LogP contribution in [0.2, 0.25) is 0 Å². The summed E-state index contributed by atoms with van der Waals surface area (Å²) in [5.74, 6) is -1.36. The summed E-state index contributed by atoms with van der Waals surface area (Å²) < 4.78 is 38.1. The van der Waals surface area contributed by atoms with Gasteiger partial charge in [-0.3, -0.25) is 0 Å². The van der Waals surface area contributed by atoms with E-state index in [0.717, 1.165) is 12.8 Å². The highest BCUT2D eigenvalue weighted by Gasteiger charge is 2.68. The Morgan fingerprint density at radius 2 is 1.85 bits per heavy atom. The van der Waals surface area contributed by atoms with Crippen LogP contribution in [0.15, 0.2) is 12.1 Å². The predicted molar refractivity (Wildman–Crippen MR) is 96.3 cm³/mol. The zero-order chi connectivity index (χ0) is 19.4. The molecular weight excluding hydrogens is 350 g/mol. The Kier molecular flexibility index (Phi) is 3.28. The Bertz CT molecular complexity index is 853. The molecule has 3 saturated carbocycles. The zero-order valence-corrected chi connectivity index (χ0v) is 16.3. The molecule has 1 aromatic carbocycles. The molecule has 4 fully saturated rings. The normalized spacial score (nSPS) is 37.6. The maximum absolute atomic E-state index is 14.3. The second-order valence-electron chi connectivity index (χ2n) is 9.53. The van der Waals surface area contributed by atoms with Gasteiger partial charge < -0.3 is 18.8 Å². The van der Waals surface area contributed by atoms with E-state index in [2.05, 4.69) is 20.8 Å². The summed E-state index contributed by atoms with van der Waals surface area (Å²) >= 11 is 0. The molecule has 5 aliphatic rings. The highest BCUT2D eigenvalue weighted by Crippen LogP contribution is 2.65. The molecule has 7 heteroatoms. The second-order valence-corrected chi connectivity index (χ2v) is 9.53. The van der Waals surface area contributed by atoms with E-state index < -0.39 is 30.3 Å². The summed E-state index contributed by atoms with van der Waals surface area (Å²) in [6.45, 7) is 9.96. The summed E-state index contributed by atoms with van der Waals surface area (Å²) in [7, 11) is -0.689. The van der Waals surface area contributed by atoms with Crippen molar-refractivity contribution in [1.29, 1.82) is 0 Å². The molecule has 5 nitrogen and oxygen atoms in total. The number of esters is 1. The summed E-state index contributed by atoms with van der Waals surface area (Å²) in [5, 5.41) is 0. The maximum Gasteiger partial charge on any atom is 0.498 e. The van der Waals surface area contributed by atoms with Crippen LogP contribution in [0.3, 0.4) is 0 Å². The number of benzene rings is 1. The van der Waals surface area contributed by atoms with Crippen molar-refractivity contribution in [2.24, 2.45) is 17.3 Å². The molecule has 2 aliphatic heterocycles. The quantitative estimate of drug-likeness (QED) is 0.559. The Morgan fingerprint density at radius 1 is 1.11 bits per heavy atom. The maximum atomic E-state index is 14.3. The molecule has 6 rings (SSSR count). The van der Waals surface area contributed by atoms with Gasteiger partial charge in [-0.15, -0.1) is 0 Å². The van der Waals surface area contributed by atoms with E-state index >= 15 is 0 Å². The minimum Gasteiger partial charge on any atom is -0.452 e. The molecule has 2 heterocycles. The first kappa shape index (κ1) is 17.5. The standard InChI is InChI=1S/C20H24BFO5/c1-18(2)10-8-13(18)20(5)14(9-10)26-21(27-20)11-6-7-12(22)15-16(11)24-19(3,4)25-17(15)23/h6-7,10,13-14H,8-9H2,1-5H3/t10?,13?,14?,20-/m0/s1. The second kappa shape index (κ2) is 5.06. The summed E-state index contributed by atoms with van der Waals surface area (Å²) in [5.41, 5.74) is 0.188. The van der Waals surface area contributed by atoms with Crippen molar-refractivity contribution in [3.8, 4) is 5.75 Å². The Balaban J connectivity index is 1.54. The van der Waals surface area contributed by atoms with Crippen molar-refractivity contribution in [2.45, 2.75) is 65.0 Å². The van der Waals surface area contributed by atoms with Gasteiger partial charge in [0.1, 0.15) is 17.1 Å². The fourth-order valence-corrected chi connectivity index (χ4v) is 5.60. The first-order chi connectivity index (χ1) is 12.5. The van der Waals surface area contributed by atoms with Crippen LogP contribution >= 0.6 is 0 Å². The molecule has 1 saturated heterocycles. The fraction of sp³-hybridized carbons (Fsp3) is 0.650. The molecule has 2 bridgehead atoms. The van der Waals surface area contributed by atoms with Crippen molar-refractivity contribution in [3.05, 3.63) is 23.5 Å². The lowest BCUT2D eigenvalue weighted by Gasteiger charge is -2.64. The van der Waals surface area contributed by atoms with Crippen LogP contribution in [0.4, 0.5) is 4.39 Å². The van der Waals surface area contributed by atoms with Gasteiger partial charge in [0.05, 0.1) is 11.7 Å². The number of cyclic esters (lactones) is 1. The van der Waals surface area contributed by atoms with Crippen LogP contribution in [0, 0.1) is 23.1 Å². The van der Waals surface area contributed by atoms with Crippen molar-refractivity contribution < 1.29 is 28.0 Å². The van der Waals surface area contributed by atoms with Gasteiger partial charge in [0, 0.05) is 19.3 Å². The van der Waals surface area contributed by atoms with Crippen molar-refractivity contribution in [2.75, 3.05) is 0 Å². The molecule has 4 atom stereocenters. The fourth-order valence-electron chi connectivity index (χ4n) is 5.60. The van der Waals surface area contributed by atoms with Gasteiger partial charge in [-0.05, 0) is 43.1 Å². The smallest absolute Gasteiger partial charge is 0.452 e. The Morgan fingerprint density at radius 3 is 2.56 bits per heavy atom. The Labute approximate surface area is 158 Å². The molecule has 144 valence electrons. The first-order valence-corrected chi connectivity index (χ1v) is 9.61. The SMILES string of the molecule is CC1(C)OC(=O)c2c(F)ccc(B3OC4CC5CC(C5(C)C)[C@]4(C)O3)c2O1. The average Bonchev–Trinajstić information content (AvgIpc) is 2.89. The van der Waals surface area contributed by atoms with E-state index in [0.29, 0.717) is 17.3 Å². The third-order valence-electron chi connectivity index (χ3n) is 7.23. The largest absolute Gasteiger partial charge is 0.498 e. The third-order valence-corrected chi connectivity index (χ3v) is 7.23. The molecule has 27 heavy (non-hydrogen) atoms. The van der Waals surface area contributed by atoms with E-state index in [9.17, 15) is 9.18 Å². The van der Waals surface area contributed by atoms with Crippen LogP contribution in [0.25, 0.3) is 0 Å². The topological polar surface area (TPSA) is 54.0 Å². The molecular formula is C20H24BFO5. The van der Waals surface area contributed by atoms with Crippen LogP contribution in [0.1, 0.15) is 57.8 Å². The lowest BCUT2D eigenvalue weighted by Crippen LogP contribution is -2.65. The summed E-state index contributed by atoms with van der Waals surface area (Å²) in [6, 6.07) is 2.84. The molecule has 0 amide bonds. The van der Waals surface area contributed by atoms with Crippen LogP contribution < -0.4 is 10.2 Å². The number of carbonyl (C=O) groups is 1. The first-order valence-electron chi connectivity index (χ1n) is 9.61. The van der Waals surface area contributed by atoms with Crippen molar-refractivity contribution in [3.63, 3.8) is 0 Å². The average molecular weight is 374 g/mol. The number of halogens is 1. The molecule has 3 aliphatic carbocycles. The van der Waals surface area contributed by atoms with E-state index in [1.807, 2.05) is 0 Å². The predicted octanol–water partition coefficient (Wildman–Crippen LogP) is 3.05. The monoisotopic (exact) mass is 374 g/mol. The number of rotatable bonds is 1. The lowest BCUT2D eigenvalue weighted by atomic mass is 9.43. The molecule has 3 unspecified atom stereocenters. The third kappa shape index (κ3) is 2.21. The highest BCUT2D eigenvalue weighted by molar-refractivity contribution is 6.63. The molecule has 0 N–H and O–H groups in total. The number of ether oxygens (including phenoxy) is 2. The van der Waals surface area contributed by atoms with E-state index in [1.165, 1.54) is 6.07 Å². The lowest BCUT2D eigenvalue weighted by molar-refractivity contribution is -0.199. The van der Waals surface area contributed by atoms with Crippen molar-refractivity contribution >= 4 is 18.6 Å². The van der Waals surface area contributed by atoms with E-state index in [1.54, 1.807) is 19.9 Å². The van der Waals surface area contributed by atoms with E-state index in [-0.39, 0.29) is 22.8 Å². The molecule has 0 aromatic heterocycles. The highest BCUT2D eigenvalue weighted by atomic mass is 19.1. The number of hydrogen-bond donors (Lipinski definition) is 0. The van der Waals surface area contributed by atoms with Gasteiger partial charge >= 0.3 is 13.1 Å². The van der Waals surface area contributed by atoms with Gasteiger partial charge in [0.2, 0.25) is 5.79 Å². The molecule has 1 aromatic rings. The van der Waals surface area contributed by atoms with Gasteiger partial charge in [0.15, 0.2) is 0 Å². The van der Waals surface area contributed by atoms with Gasteiger partial charge in [0.25, 0.3) is 0 Å². The minimum absolute atomic E-state index is 0.0106. The van der Waals surface area contributed by atoms with Crippen LogP contribution in [0.5, 0.6) is 5.75 Å². The number of carbonyl (C=O) groups excluding carboxylic acids is 1. The number of fused-ring (bicyclic) bond motifs is 1. The molecule has 0 spiro atoms.